The molecular formula is C25H30N4O4. The van der Waals surface area contributed by atoms with E-state index in [1.165, 1.54) is 0 Å². The molecule has 1 saturated heterocycles. The molecule has 1 aliphatic heterocycles. The fourth-order valence-electron chi connectivity index (χ4n) is 3.88. The van der Waals surface area contributed by atoms with Gasteiger partial charge in [0.2, 0.25) is 17.6 Å². The van der Waals surface area contributed by atoms with Gasteiger partial charge < -0.3 is 19.3 Å². The molecule has 1 N–H and O–H groups in total. The number of hydrogen-bond acceptors (Lipinski definition) is 7. The van der Waals surface area contributed by atoms with Gasteiger partial charge in [0.25, 0.3) is 0 Å². The molecule has 0 saturated carbocycles. The largest absolute Gasteiger partial charge is 0.497 e. The number of amides is 1. The number of anilines is 1. The van der Waals surface area contributed by atoms with Gasteiger partial charge in [-0.05, 0) is 76.2 Å². The van der Waals surface area contributed by atoms with Crippen LogP contribution in [0.5, 0.6) is 11.5 Å². The highest BCUT2D eigenvalue weighted by Crippen LogP contribution is 2.24. The molecule has 1 aliphatic rings. The number of aromatic nitrogens is 2. The molecule has 2 aromatic carbocycles. The fourth-order valence-corrected chi connectivity index (χ4v) is 3.88. The number of carbonyl (C=O) groups excluding carboxylic acids is 1. The van der Waals surface area contributed by atoms with Crippen molar-refractivity contribution in [2.45, 2.75) is 39.3 Å². The highest BCUT2D eigenvalue weighted by molar-refractivity contribution is 5.92. The van der Waals surface area contributed by atoms with Gasteiger partial charge >= 0.3 is 0 Å². The van der Waals surface area contributed by atoms with Crippen LogP contribution in [0.3, 0.4) is 0 Å². The summed E-state index contributed by atoms with van der Waals surface area (Å²) in [6.45, 7) is 6.14. The number of benzene rings is 2. The molecule has 0 unspecified atom stereocenters. The van der Waals surface area contributed by atoms with Crippen molar-refractivity contribution in [2.75, 3.05) is 25.5 Å². The molecule has 0 spiro atoms. The van der Waals surface area contributed by atoms with E-state index in [1.54, 1.807) is 7.11 Å². The van der Waals surface area contributed by atoms with Crippen molar-refractivity contribution >= 4 is 11.6 Å². The standard InChI is InChI=1S/C25H30N4O4/c1-17(2)32-22-6-4-5-20(15-22)26-25(30)19-11-13-29(14-12-19)16-23-27-24(28-33-23)18-7-9-21(31-3)10-8-18/h4-10,15,17,19H,11-14,16H2,1-3H3,(H,26,30). The molecule has 8 nitrogen and oxygen atoms in total. The van der Waals surface area contributed by atoms with Crippen LogP contribution in [0.15, 0.2) is 53.1 Å². The Hall–Kier alpha value is -3.39. The Morgan fingerprint density at radius 3 is 2.61 bits per heavy atom. The first kappa shape index (κ1) is 22.8. The van der Waals surface area contributed by atoms with Gasteiger partial charge in [-0.1, -0.05) is 11.2 Å². The summed E-state index contributed by atoms with van der Waals surface area (Å²) in [6, 6.07) is 15.1. The maximum atomic E-state index is 12.8. The summed E-state index contributed by atoms with van der Waals surface area (Å²) in [6.07, 6.45) is 1.66. The topological polar surface area (TPSA) is 89.7 Å². The molecule has 174 valence electrons. The van der Waals surface area contributed by atoms with Crippen LogP contribution in [0.1, 0.15) is 32.6 Å². The number of rotatable bonds is 8. The summed E-state index contributed by atoms with van der Waals surface area (Å²) in [5, 5.41) is 7.13. The Balaban J connectivity index is 1.27. The second-order valence-electron chi connectivity index (χ2n) is 8.47. The van der Waals surface area contributed by atoms with E-state index in [9.17, 15) is 4.79 Å². The van der Waals surface area contributed by atoms with Gasteiger partial charge in [-0.15, -0.1) is 0 Å². The lowest BCUT2D eigenvalue weighted by Crippen LogP contribution is -2.37. The van der Waals surface area contributed by atoms with Crippen molar-refractivity contribution in [1.82, 2.24) is 15.0 Å². The average Bonchev–Trinajstić information content (AvgIpc) is 3.28. The fraction of sp³-hybridized carbons (Fsp3) is 0.400. The van der Waals surface area contributed by atoms with Gasteiger partial charge in [0.1, 0.15) is 11.5 Å². The summed E-state index contributed by atoms with van der Waals surface area (Å²) in [5.41, 5.74) is 1.64. The molecule has 0 bridgehead atoms. The van der Waals surface area contributed by atoms with Crippen LogP contribution in [0.2, 0.25) is 0 Å². The molecule has 0 atom stereocenters. The normalized spacial score (nSPS) is 14.9. The third-order valence-electron chi connectivity index (χ3n) is 5.61. The van der Waals surface area contributed by atoms with E-state index in [4.69, 9.17) is 14.0 Å². The van der Waals surface area contributed by atoms with E-state index in [0.717, 1.165) is 48.7 Å². The lowest BCUT2D eigenvalue weighted by Gasteiger charge is -2.30. The van der Waals surface area contributed by atoms with Crippen LogP contribution in [0.25, 0.3) is 11.4 Å². The Bertz CT molecular complexity index is 1060. The van der Waals surface area contributed by atoms with Gasteiger partial charge in [0.05, 0.1) is 19.8 Å². The van der Waals surface area contributed by atoms with Gasteiger partial charge in [-0.2, -0.15) is 4.98 Å². The van der Waals surface area contributed by atoms with Crippen molar-refractivity contribution in [3.63, 3.8) is 0 Å². The van der Waals surface area contributed by atoms with Crippen molar-refractivity contribution in [3.05, 3.63) is 54.4 Å². The molecule has 3 aromatic rings. The quantitative estimate of drug-likeness (QED) is 0.545. The summed E-state index contributed by atoms with van der Waals surface area (Å²) in [4.78, 5) is 19.5. The zero-order valence-electron chi connectivity index (χ0n) is 19.3. The second kappa shape index (κ2) is 10.5. The van der Waals surface area contributed by atoms with Crippen molar-refractivity contribution in [1.29, 1.82) is 0 Å². The molecule has 1 aromatic heterocycles. The van der Waals surface area contributed by atoms with Crippen molar-refractivity contribution in [3.8, 4) is 22.9 Å². The van der Waals surface area contributed by atoms with E-state index in [0.29, 0.717) is 18.3 Å². The second-order valence-corrected chi connectivity index (χ2v) is 8.47. The number of methoxy groups -OCH3 is 1. The minimum Gasteiger partial charge on any atom is -0.497 e. The minimum absolute atomic E-state index is 0.0199. The van der Waals surface area contributed by atoms with Gasteiger partial charge in [0.15, 0.2) is 0 Å². The Morgan fingerprint density at radius 2 is 1.91 bits per heavy atom. The SMILES string of the molecule is COc1ccc(-c2noc(CN3CCC(C(=O)Nc4cccc(OC(C)C)c4)CC3)n2)cc1. The Labute approximate surface area is 193 Å². The lowest BCUT2D eigenvalue weighted by molar-refractivity contribution is -0.121. The van der Waals surface area contributed by atoms with Crippen molar-refractivity contribution < 1.29 is 18.8 Å². The summed E-state index contributed by atoms with van der Waals surface area (Å²) >= 11 is 0. The van der Waals surface area contributed by atoms with Crippen molar-refractivity contribution in [2.24, 2.45) is 5.92 Å². The molecule has 2 heterocycles. The zero-order chi connectivity index (χ0) is 23.2. The Morgan fingerprint density at radius 1 is 1.15 bits per heavy atom. The average molecular weight is 451 g/mol. The minimum atomic E-state index is -0.0199. The highest BCUT2D eigenvalue weighted by atomic mass is 16.5. The number of nitrogens with one attached hydrogen (secondary N) is 1. The predicted octanol–water partition coefficient (Wildman–Crippen LogP) is 4.38. The van der Waals surface area contributed by atoms with Crippen LogP contribution in [0.4, 0.5) is 5.69 Å². The first-order chi connectivity index (χ1) is 16.0. The zero-order valence-corrected chi connectivity index (χ0v) is 19.3. The smallest absolute Gasteiger partial charge is 0.241 e. The van der Waals surface area contributed by atoms with E-state index in [2.05, 4.69) is 20.4 Å². The van der Waals surface area contributed by atoms with Crippen LogP contribution in [-0.4, -0.2) is 47.3 Å². The number of hydrogen-bond donors (Lipinski definition) is 1. The first-order valence-electron chi connectivity index (χ1n) is 11.3. The molecule has 0 aliphatic carbocycles. The highest BCUT2D eigenvalue weighted by Gasteiger charge is 2.26. The molecule has 1 fully saturated rings. The molecule has 1 amide bonds. The molecule has 0 radical (unpaired) electrons. The van der Waals surface area contributed by atoms with E-state index in [-0.39, 0.29) is 17.9 Å². The van der Waals surface area contributed by atoms with E-state index < -0.39 is 0 Å². The maximum absolute atomic E-state index is 12.8. The third kappa shape index (κ3) is 6.10. The first-order valence-corrected chi connectivity index (χ1v) is 11.3. The number of likely N-dealkylation sites (tertiary alicyclic amines) is 1. The molecule has 4 rings (SSSR count). The van der Waals surface area contributed by atoms with Gasteiger partial charge in [0, 0.05) is 23.2 Å². The summed E-state index contributed by atoms with van der Waals surface area (Å²) < 4.78 is 16.3. The molecule has 8 heteroatoms. The molecule has 33 heavy (non-hydrogen) atoms. The summed E-state index contributed by atoms with van der Waals surface area (Å²) in [5.74, 6) is 2.71. The van der Waals surface area contributed by atoms with Crippen LogP contribution in [-0.2, 0) is 11.3 Å². The maximum Gasteiger partial charge on any atom is 0.241 e. The van der Waals surface area contributed by atoms with Crippen LogP contribution >= 0.6 is 0 Å². The monoisotopic (exact) mass is 450 g/mol. The number of carbonyl (C=O) groups is 1. The number of ether oxygens (including phenoxy) is 2. The summed E-state index contributed by atoms with van der Waals surface area (Å²) in [7, 11) is 1.63. The van der Waals surface area contributed by atoms with Gasteiger partial charge in [-0.3, -0.25) is 9.69 Å². The molecular weight excluding hydrogens is 420 g/mol. The van der Waals surface area contributed by atoms with E-state index >= 15 is 0 Å². The van der Waals surface area contributed by atoms with Crippen LogP contribution < -0.4 is 14.8 Å². The van der Waals surface area contributed by atoms with Gasteiger partial charge in [-0.25, -0.2) is 0 Å². The lowest BCUT2D eigenvalue weighted by atomic mass is 9.96. The Kier molecular flexibility index (Phi) is 7.24. The van der Waals surface area contributed by atoms with Crippen LogP contribution in [0, 0.1) is 5.92 Å². The van der Waals surface area contributed by atoms with E-state index in [1.807, 2.05) is 62.4 Å². The number of piperidine rings is 1. The predicted molar refractivity (Wildman–Crippen MR) is 125 cm³/mol. The third-order valence-corrected chi connectivity index (χ3v) is 5.61. The number of nitrogens with zero attached hydrogens (tertiary/aromatic N) is 3.